The Labute approximate surface area is 111 Å². The highest BCUT2D eigenvalue weighted by molar-refractivity contribution is 6.10. The number of hydrogen-bond acceptors (Lipinski definition) is 2. The predicted molar refractivity (Wildman–Crippen MR) is 72.2 cm³/mol. The van der Waals surface area contributed by atoms with Gasteiger partial charge in [-0.3, -0.25) is 4.79 Å². The van der Waals surface area contributed by atoms with E-state index >= 15 is 0 Å². The molecule has 19 heavy (non-hydrogen) atoms. The largest absolute Gasteiger partial charge is 0.494 e. The van der Waals surface area contributed by atoms with Crippen LogP contribution in [0.1, 0.15) is 28.4 Å². The van der Waals surface area contributed by atoms with Crippen LogP contribution in [0.15, 0.2) is 42.5 Å². The molecule has 0 aromatic heterocycles. The minimum absolute atomic E-state index is 0.139. The first kappa shape index (κ1) is 13.3. The number of ketones is 1. The molecule has 0 spiro atoms. The van der Waals surface area contributed by atoms with Gasteiger partial charge >= 0.3 is 0 Å². The SMILES string of the molecule is CCc1ccccc1C(=O)c1ccc(OC)c(F)c1. The van der Waals surface area contributed by atoms with Gasteiger partial charge in [0.2, 0.25) is 0 Å². The lowest BCUT2D eigenvalue weighted by atomic mass is 9.97. The van der Waals surface area contributed by atoms with E-state index in [9.17, 15) is 9.18 Å². The van der Waals surface area contributed by atoms with Crippen LogP contribution >= 0.6 is 0 Å². The lowest BCUT2D eigenvalue weighted by Gasteiger charge is -2.08. The molecule has 0 heterocycles. The number of halogens is 1. The Bertz CT molecular complexity index is 605. The predicted octanol–water partition coefficient (Wildman–Crippen LogP) is 3.63. The second-order valence-electron chi connectivity index (χ2n) is 4.19. The summed E-state index contributed by atoms with van der Waals surface area (Å²) in [5.41, 5.74) is 1.91. The molecular weight excluding hydrogens is 243 g/mol. The maximum absolute atomic E-state index is 13.6. The van der Waals surface area contributed by atoms with Crippen molar-refractivity contribution in [2.24, 2.45) is 0 Å². The van der Waals surface area contributed by atoms with Gasteiger partial charge in [-0.2, -0.15) is 0 Å². The van der Waals surface area contributed by atoms with Gasteiger partial charge in [0, 0.05) is 11.1 Å². The van der Waals surface area contributed by atoms with E-state index in [0.29, 0.717) is 11.1 Å². The monoisotopic (exact) mass is 258 g/mol. The molecule has 2 aromatic rings. The van der Waals surface area contributed by atoms with Gasteiger partial charge in [0.1, 0.15) is 0 Å². The molecule has 0 amide bonds. The number of ether oxygens (including phenoxy) is 1. The van der Waals surface area contributed by atoms with Crippen LogP contribution in [-0.4, -0.2) is 12.9 Å². The van der Waals surface area contributed by atoms with Crippen molar-refractivity contribution < 1.29 is 13.9 Å². The molecule has 3 heteroatoms. The Morgan fingerprint density at radius 3 is 2.58 bits per heavy atom. The van der Waals surface area contributed by atoms with Gasteiger partial charge in [-0.25, -0.2) is 4.39 Å². The van der Waals surface area contributed by atoms with Crippen LogP contribution in [0, 0.1) is 5.82 Å². The lowest BCUT2D eigenvalue weighted by Crippen LogP contribution is -2.05. The summed E-state index contributed by atoms with van der Waals surface area (Å²) >= 11 is 0. The molecule has 0 N–H and O–H groups in total. The van der Waals surface area contributed by atoms with Crippen molar-refractivity contribution in [2.45, 2.75) is 13.3 Å². The standard InChI is InChI=1S/C16H15FO2/c1-3-11-6-4-5-7-13(11)16(18)12-8-9-15(19-2)14(17)10-12/h4-10H,3H2,1-2H3. The molecule has 0 saturated heterocycles. The topological polar surface area (TPSA) is 26.3 Å². The van der Waals surface area contributed by atoms with E-state index in [-0.39, 0.29) is 11.5 Å². The fraction of sp³-hybridized carbons (Fsp3) is 0.188. The Hall–Kier alpha value is -2.16. The zero-order chi connectivity index (χ0) is 13.8. The van der Waals surface area contributed by atoms with E-state index in [1.807, 2.05) is 25.1 Å². The molecule has 0 aliphatic carbocycles. The number of methoxy groups -OCH3 is 1. The second-order valence-corrected chi connectivity index (χ2v) is 4.19. The van der Waals surface area contributed by atoms with Gasteiger partial charge in [-0.05, 0) is 30.2 Å². The number of carbonyl (C=O) groups is 1. The minimum atomic E-state index is -0.526. The van der Waals surface area contributed by atoms with Gasteiger partial charge in [0.15, 0.2) is 17.3 Å². The smallest absolute Gasteiger partial charge is 0.193 e. The van der Waals surface area contributed by atoms with Crippen LogP contribution in [0.25, 0.3) is 0 Å². The number of benzene rings is 2. The summed E-state index contributed by atoms with van der Waals surface area (Å²) in [7, 11) is 1.40. The van der Waals surface area contributed by atoms with E-state index in [2.05, 4.69) is 0 Å². The van der Waals surface area contributed by atoms with Crippen LogP contribution in [0.5, 0.6) is 5.75 Å². The molecular formula is C16H15FO2. The molecule has 2 nitrogen and oxygen atoms in total. The summed E-state index contributed by atoms with van der Waals surface area (Å²) < 4.78 is 18.5. The highest BCUT2D eigenvalue weighted by Gasteiger charge is 2.14. The Morgan fingerprint density at radius 1 is 1.21 bits per heavy atom. The molecule has 2 aromatic carbocycles. The third kappa shape index (κ3) is 2.65. The van der Waals surface area contributed by atoms with E-state index in [1.54, 1.807) is 12.1 Å². The first-order valence-corrected chi connectivity index (χ1v) is 6.13. The third-order valence-corrected chi connectivity index (χ3v) is 3.06. The summed E-state index contributed by atoms with van der Waals surface area (Å²) in [4.78, 5) is 12.4. The quantitative estimate of drug-likeness (QED) is 0.783. The normalized spacial score (nSPS) is 10.3. The Balaban J connectivity index is 2.41. The summed E-state index contributed by atoms with van der Waals surface area (Å²) in [6, 6.07) is 11.6. The van der Waals surface area contributed by atoms with Gasteiger partial charge < -0.3 is 4.74 Å². The number of hydrogen-bond donors (Lipinski definition) is 0. The van der Waals surface area contributed by atoms with E-state index in [0.717, 1.165) is 12.0 Å². The molecule has 0 radical (unpaired) electrons. The van der Waals surface area contributed by atoms with Crippen LogP contribution in [-0.2, 0) is 6.42 Å². The summed E-state index contributed by atoms with van der Waals surface area (Å²) in [5.74, 6) is -0.554. The van der Waals surface area contributed by atoms with Crippen molar-refractivity contribution in [3.63, 3.8) is 0 Å². The van der Waals surface area contributed by atoms with Gasteiger partial charge in [-0.1, -0.05) is 31.2 Å². The van der Waals surface area contributed by atoms with Gasteiger partial charge in [0.25, 0.3) is 0 Å². The van der Waals surface area contributed by atoms with Crippen LogP contribution in [0.2, 0.25) is 0 Å². The minimum Gasteiger partial charge on any atom is -0.494 e. The first-order chi connectivity index (χ1) is 9.17. The van der Waals surface area contributed by atoms with Crippen molar-refractivity contribution >= 4 is 5.78 Å². The van der Waals surface area contributed by atoms with Crippen molar-refractivity contribution in [1.82, 2.24) is 0 Å². The average Bonchev–Trinajstić information content (AvgIpc) is 2.46. The number of rotatable bonds is 4. The third-order valence-electron chi connectivity index (χ3n) is 3.06. The van der Waals surface area contributed by atoms with Crippen molar-refractivity contribution in [1.29, 1.82) is 0 Å². The molecule has 0 atom stereocenters. The Kier molecular flexibility index (Phi) is 3.95. The Morgan fingerprint density at radius 2 is 1.95 bits per heavy atom. The molecule has 0 aliphatic heterocycles. The summed E-state index contributed by atoms with van der Waals surface area (Å²) in [6.07, 6.45) is 0.764. The van der Waals surface area contributed by atoms with E-state index < -0.39 is 5.82 Å². The van der Waals surface area contributed by atoms with Crippen LogP contribution in [0.3, 0.4) is 0 Å². The maximum atomic E-state index is 13.6. The van der Waals surface area contributed by atoms with Crippen molar-refractivity contribution in [2.75, 3.05) is 7.11 Å². The van der Waals surface area contributed by atoms with Gasteiger partial charge in [0.05, 0.1) is 7.11 Å². The molecule has 2 rings (SSSR count). The fourth-order valence-corrected chi connectivity index (χ4v) is 2.01. The van der Waals surface area contributed by atoms with Crippen molar-refractivity contribution in [3.8, 4) is 5.75 Å². The fourth-order valence-electron chi connectivity index (χ4n) is 2.01. The first-order valence-electron chi connectivity index (χ1n) is 6.13. The molecule has 0 bridgehead atoms. The van der Waals surface area contributed by atoms with Gasteiger partial charge in [-0.15, -0.1) is 0 Å². The zero-order valence-corrected chi connectivity index (χ0v) is 10.9. The second kappa shape index (κ2) is 5.65. The lowest BCUT2D eigenvalue weighted by molar-refractivity contribution is 0.103. The highest BCUT2D eigenvalue weighted by Crippen LogP contribution is 2.21. The van der Waals surface area contributed by atoms with E-state index in [4.69, 9.17) is 4.74 Å². The molecule has 98 valence electrons. The zero-order valence-electron chi connectivity index (χ0n) is 10.9. The number of carbonyl (C=O) groups excluding carboxylic acids is 1. The van der Waals surface area contributed by atoms with Crippen LogP contribution in [0.4, 0.5) is 4.39 Å². The summed E-state index contributed by atoms with van der Waals surface area (Å²) in [5, 5.41) is 0. The number of aryl methyl sites for hydroxylation is 1. The average molecular weight is 258 g/mol. The van der Waals surface area contributed by atoms with Crippen molar-refractivity contribution in [3.05, 3.63) is 65.0 Å². The molecule has 0 aliphatic rings. The molecule has 0 unspecified atom stereocenters. The van der Waals surface area contributed by atoms with Crippen LogP contribution < -0.4 is 4.74 Å². The molecule has 0 fully saturated rings. The summed E-state index contributed by atoms with van der Waals surface area (Å²) in [6.45, 7) is 1.99. The van der Waals surface area contributed by atoms with E-state index in [1.165, 1.54) is 19.2 Å². The highest BCUT2D eigenvalue weighted by atomic mass is 19.1. The molecule has 0 saturated carbocycles. The maximum Gasteiger partial charge on any atom is 0.193 e.